The highest BCUT2D eigenvalue weighted by atomic mass is 32.1. The van der Waals surface area contributed by atoms with Crippen LogP contribution < -0.4 is 0 Å². The van der Waals surface area contributed by atoms with E-state index in [9.17, 15) is 0 Å². The second kappa shape index (κ2) is 5.34. The highest BCUT2D eigenvalue weighted by Gasteiger charge is 2.21. The van der Waals surface area contributed by atoms with E-state index in [4.69, 9.17) is 9.73 Å². The SMILES string of the molecule is c1ccc(CC2COC(c3cc4ccccc4s3)=N2)cc1. The molecule has 1 aliphatic rings. The van der Waals surface area contributed by atoms with Crippen LogP contribution in [0.3, 0.4) is 0 Å². The molecule has 1 aromatic heterocycles. The van der Waals surface area contributed by atoms with Crippen LogP contribution in [0.15, 0.2) is 65.7 Å². The van der Waals surface area contributed by atoms with Gasteiger partial charge in [0.25, 0.3) is 0 Å². The third-order valence-electron chi connectivity index (χ3n) is 3.66. The molecule has 1 atom stereocenters. The molecule has 0 saturated heterocycles. The molecular weight excluding hydrogens is 278 g/mol. The molecule has 0 N–H and O–H groups in total. The molecule has 21 heavy (non-hydrogen) atoms. The number of benzene rings is 2. The van der Waals surface area contributed by atoms with Crippen molar-refractivity contribution in [3.63, 3.8) is 0 Å². The van der Waals surface area contributed by atoms with Gasteiger partial charge in [-0.2, -0.15) is 0 Å². The van der Waals surface area contributed by atoms with Crippen LogP contribution in [0.1, 0.15) is 10.4 Å². The second-order valence-corrected chi connectivity index (χ2v) is 6.32. The van der Waals surface area contributed by atoms with Gasteiger partial charge in [-0.25, -0.2) is 4.99 Å². The van der Waals surface area contributed by atoms with E-state index in [1.165, 1.54) is 15.6 Å². The van der Waals surface area contributed by atoms with E-state index in [1.54, 1.807) is 11.3 Å². The molecule has 0 amide bonds. The Morgan fingerprint density at radius 2 is 1.86 bits per heavy atom. The average Bonchev–Trinajstić information content (AvgIpc) is 3.14. The summed E-state index contributed by atoms with van der Waals surface area (Å²) in [6.07, 6.45) is 0.940. The average molecular weight is 293 g/mol. The van der Waals surface area contributed by atoms with E-state index in [2.05, 4.69) is 54.6 Å². The molecule has 3 heteroatoms. The van der Waals surface area contributed by atoms with Crippen LogP contribution in [0, 0.1) is 0 Å². The predicted molar refractivity (Wildman–Crippen MR) is 88.2 cm³/mol. The zero-order valence-corrected chi connectivity index (χ0v) is 12.3. The van der Waals surface area contributed by atoms with Gasteiger partial charge in [0.1, 0.15) is 6.61 Å². The molecule has 0 radical (unpaired) electrons. The number of hydrogen-bond acceptors (Lipinski definition) is 3. The van der Waals surface area contributed by atoms with Crippen molar-refractivity contribution < 1.29 is 4.74 Å². The topological polar surface area (TPSA) is 21.6 Å². The van der Waals surface area contributed by atoms with Crippen molar-refractivity contribution in [3.05, 3.63) is 71.1 Å². The van der Waals surface area contributed by atoms with Gasteiger partial charge in [0, 0.05) is 4.70 Å². The first-order valence-electron chi connectivity index (χ1n) is 7.12. The lowest BCUT2D eigenvalue weighted by Crippen LogP contribution is -2.09. The van der Waals surface area contributed by atoms with Gasteiger partial charge >= 0.3 is 0 Å². The largest absolute Gasteiger partial charge is 0.475 e. The first-order chi connectivity index (χ1) is 10.4. The third-order valence-corrected chi connectivity index (χ3v) is 4.77. The van der Waals surface area contributed by atoms with E-state index in [1.807, 2.05) is 6.07 Å². The summed E-state index contributed by atoms with van der Waals surface area (Å²) in [6, 6.07) is 21.3. The van der Waals surface area contributed by atoms with Crippen molar-refractivity contribution >= 4 is 27.3 Å². The van der Waals surface area contributed by atoms with Crippen LogP contribution in [0.2, 0.25) is 0 Å². The van der Waals surface area contributed by atoms with Crippen molar-refractivity contribution in [2.45, 2.75) is 12.5 Å². The number of aliphatic imine (C=N–C) groups is 1. The minimum Gasteiger partial charge on any atom is -0.475 e. The van der Waals surface area contributed by atoms with E-state index >= 15 is 0 Å². The molecular formula is C18H15NOS. The summed E-state index contributed by atoms with van der Waals surface area (Å²) in [5, 5.41) is 1.26. The summed E-state index contributed by atoms with van der Waals surface area (Å²) < 4.78 is 7.10. The summed E-state index contributed by atoms with van der Waals surface area (Å²) in [4.78, 5) is 5.88. The Morgan fingerprint density at radius 1 is 1.05 bits per heavy atom. The van der Waals surface area contributed by atoms with Crippen LogP contribution in [0.5, 0.6) is 0 Å². The fraction of sp³-hybridized carbons (Fsp3) is 0.167. The van der Waals surface area contributed by atoms with Gasteiger partial charge < -0.3 is 4.74 Å². The van der Waals surface area contributed by atoms with E-state index in [-0.39, 0.29) is 6.04 Å². The molecule has 0 aliphatic carbocycles. The molecule has 104 valence electrons. The van der Waals surface area contributed by atoms with Crippen LogP contribution >= 0.6 is 11.3 Å². The predicted octanol–water partition coefficient (Wildman–Crippen LogP) is 4.29. The number of hydrogen-bond donors (Lipinski definition) is 0. The van der Waals surface area contributed by atoms with Crippen molar-refractivity contribution in [2.75, 3.05) is 6.61 Å². The van der Waals surface area contributed by atoms with Crippen LogP contribution in [0.25, 0.3) is 10.1 Å². The van der Waals surface area contributed by atoms with Crippen molar-refractivity contribution in [2.24, 2.45) is 4.99 Å². The lowest BCUT2D eigenvalue weighted by molar-refractivity contribution is 0.317. The van der Waals surface area contributed by atoms with Gasteiger partial charge in [0.15, 0.2) is 0 Å². The van der Waals surface area contributed by atoms with Gasteiger partial charge in [-0.3, -0.25) is 0 Å². The fourth-order valence-corrected chi connectivity index (χ4v) is 3.64. The normalized spacial score (nSPS) is 17.7. The van der Waals surface area contributed by atoms with E-state index in [0.717, 1.165) is 17.2 Å². The number of rotatable bonds is 3. The summed E-state index contributed by atoms with van der Waals surface area (Å²) in [5.74, 6) is 0.803. The maximum absolute atomic E-state index is 5.81. The highest BCUT2D eigenvalue weighted by Crippen LogP contribution is 2.28. The summed E-state index contributed by atoms with van der Waals surface area (Å²) >= 11 is 1.75. The molecule has 1 unspecified atom stereocenters. The summed E-state index contributed by atoms with van der Waals surface area (Å²) in [5.41, 5.74) is 1.31. The van der Waals surface area contributed by atoms with Gasteiger partial charge in [-0.1, -0.05) is 48.5 Å². The van der Waals surface area contributed by atoms with Crippen LogP contribution in [-0.4, -0.2) is 18.5 Å². The van der Waals surface area contributed by atoms with Gasteiger partial charge in [0.05, 0.1) is 10.9 Å². The van der Waals surface area contributed by atoms with Gasteiger partial charge in [-0.05, 0) is 29.5 Å². The smallest absolute Gasteiger partial charge is 0.226 e. The second-order valence-electron chi connectivity index (χ2n) is 5.24. The number of nitrogens with zero attached hydrogens (tertiary/aromatic N) is 1. The molecule has 1 aliphatic heterocycles. The standard InChI is InChI=1S/C18H15NOS/c1-2-6-13(7-3-1)10-15-12-20-18(19-15)17-11-14-8-4-5-9-16(14)21-17/h1-9,11,15H,10,12H2. The Bertz CT molecular complexity index is 758. The van der Waals surface area contributed by atoms with Crippen molar-refractivity contribution in [3.8, 4) is 0 Å². The van der Waals surface area contributed by atoms with Crippen molar-refractivity contribution in [1.29, 1.82) is 0 Å². The quantitative estimate of drug-likeness (QED) is 0.706. The van der Waals surface area contributed by atoms with Gasteiger partial charge in [0.2, 0.25) is 5.90 Å². The maximum Gasteiger partial charge on any atom is 0.226 e. The highest BCUT2D eigenvalue weighted by molar-refractivity contribution is 7.20. The Balaban J connectivity index is 1.57. The molecule has 0 saturated carbocycles. The van der Waals surface area contributed by atoms with Crippen LogP contribution in [-0.2, 0) is 11.2 Å². The number of fused-ring (bicyclic) bond motifs is 1. The zero-order chi connectivity index (χ0) is 14.1. The Labute approximate surface area is 127 Å². The van der Waals surface area contributed by atoms with Gasteiger partial charge in [-0.15, -0.1) is 11.3 Å². The third kappa shape index (κ3) is 2.57. The molecule has 2 heterocycles. The molecule has 0 bridgehead atoms. The molecule has 3 aromatic rings. The maximum atomic E-state index is 5.81. The Hall–Kier alpha value is -2.13. The lowest BCUT2D eigenvalue weighted by atomic mass is 10.1. The molecule has 2 aromatic carbocycles. The Morgan fingerprint density at radius 3 is 2.71 bits per heavy atom. The summed E-state index contributed by atoms with van der Waals surface area (Å²) in [7, 11) is 0. The van der Waals surface area contributed by atoms with Crippen molar-refractivity contribution in [1.82, 2.24) is 0 Å². The lowest BCUT2D eigenvalue weighted by Gasteiger charge is -2.03. The molecule has 2 nitrogen and oxygen atoms in total. The zero-order valence-electron chi connectivity index (χ0n) is 11.5. The molecule has 0 spiro atoms. The number of thiophene rings is 1. The van der Waals surface area contributed by atoms with E-state index in [0.29, 0.717) is 6.61 Å². The summed E-state index contributed by atoms with van der Waals surface area (Å²) in [6.45, 7) is 0.679. The first-order valence-corrected chi connectivity index (χ1v) is 7.93. The molecule has 0 fully saturated rings. The van der Waals surface area contributed by atoms with Crippen LogP contribution in [0.4, 0.5) is 0 Å². The minimum atomic E-state index is 0.229. The monoisotopic (exact) mass is 293 g/mol. The molecule has 4 rings (SSSR count). The minimum absolute atomic E-state index is 0.229. The fourth-order valence-electron chi connectivity index (χ4n) is 2.63. The van der Waals surface area contributed by atoms with E-state index < -0.39 is 0 Å². The number of ether oxygens (including phenoxy) is 1. The Kier molecular flexibility index (Phi) is 3.20. The first kappa shape index (κ1) is 12.6.